The molecule has 0 unspecified atom stereocenters. The van der Waals surface area contributed by atoms with E-state index in [2.05, 4.69) is 6.07 Å². The fourth-order valence-corrected chi connectivity index (χ4v) is 3.07. The Bertz CT molecular complexity index is 532. The maximum Gasteiger partial charge on any atom is 0.269 e. The van der Waals surface area contributed by atoms with Crippen LogP contribution in [-0.2, 0) is 10.2 Å². The van der Waals surface area contributed by atoms with E-state index in [1.807, 2.05) is 0 Å². The average Bonchev–Trinajstić information content (AvgIpc) is 2.27. The van der Waals surface area contributed by atoms with Gasteiger partial charge in [0.25, 0.3) is 5.69 Å². The van der Waals surface area contributed by atoms with Gasteiger partial charge < -0.3 is 4.74 Å². The summed E-state index contributed by atoms with van der Waals surface area (Å²) in [6.45, 7) is 1.48. The predicted molar refractivity (Wildman–Crippen MR) is 62.9 cm³/mol. The molecule has 18 heavy (non-hydrogen) atoms. The summed E-state index contributed by atoms with van der Waals surface area (Å²) in [5.74, 6) is 0. The van der Waals surface area contributed by atoms with E-state index >= 15 is 0 Å². The molecule has 5 nitrogen and oxygen atoms in total. The number of hydrogen-bond acceptors (Lipinski definition) is 4. The Morgan fingerprint density at radius 2 is 1.89 bits per heavy atom. The summed E-state index contributed by atoms with van der Waals surface area (Å²) >= 11 is 0. The van der Waals surface area contributed by atoms with Crippen LogP contribution in [0.2, 0.25) is 0 Å². The zero-order valence-corrected chi connectivity index (χ0v) is 9.76. The maximum absolute atomic E-state index is 10.6. The number of hydrogen-bond donors (Lipinski definition) is 0. The van der Waals surface area contributed by atoms with E-state index in [1.165, 1.54) is 12.1 Å². The van der Waals surface area contributed by atoms with Crippen molar-refractivity contribution in [1.29, 1.82) is 5.26 Å². The van der Waals surface area contributed by atoms with Gasteiger partial charge in [0.05, 0.1) is 29.6 Å². The minimum absolute atomic E-state index is 0.0628. The number of nitro benzene ring substituents is 1. The van der Waals surface area contributed by atoms with Crippen LogP contribution in [0.15, 0.2) is 24.3 Å². The SMILES string of the molecule is N#CC1(c2ccc([N+](=O)[O-])cc2)CC2(COC2)C1. The van der Waals surface area contributed by atoms with Crippen LogP contribution in [0, 0.1) is 26.9 Å². The maximum atomic E-state index is 10.6. The van der Waals surface area contributed by atoms with Crippen LogP contribution < -0.4 is 0 Å². The standard InChI is InChI=1S/C13H12N2O3/c14-7-13(5-12(6-13)8-18-9-12)10-1-3-11(4-2-10)15(16)17/h1-4H,5-6,8-9H2. The molecule has 1 saturated heterocycles. The van der Waals surface area contributed by atoms with Gasteiger partial charge in [-0.25, -0.2) is 0 Å². The molecule has 0 amide bonds. The Hall–Kier alpha value is -1.93. The molecular weight excluding hydrogens is 232 g/mol. The van der Waals surface area contributed by atoms with Gasteiger partial charge in [0.2, 0.25) is 0 Å². The zero-order valence-electron chi connectivity index (χ0n) is 9.76. The van der Waals surface area contributed by atoms with Crippen molar-refractivity contribution in [3.63, 3.8) is 0 Å². The molecule has 3 rings (SSSR count). The first kappa shape index (κ1) is 11.2. The predicted octanol–water partition coefficient (Wildman–Crippen LogP) is 2.17. The second kappa shape index (κ2) is 3.53. The summed E-state index contributed by atoms with van der Waals surface area (Å²) in [5.41, 5.74) is 0.664. The van der Waals surface area contributed by atoms with Crippen molar-refractivity contribution in [3.05, 3.63) is 39.9 Å². The molecule has 1 aromatic carbocycles. The van der Waals surface area contributed by atoms with Gasteiger partial charge in [-0.1, -0.05) is 12.1 Å². The van der Waals surface area contributed by atoms with Crippen molar-refractivity contribution in [2.45, 2.75) is 18.3 Å². The Kier molecular flexibility index (Phi) is 2.19. The van der Waals surface area contributed by atoms with Crippen molar-refractivity contribution in [2.75, 3.05) is 13.2 Å². The molecule has 5 heteroatoms. The number of benzene rings is 1. The smallest absolute Gasteiger partial charge is 0.269 e. The van der Waals surface area contributed by atoms with Gasteiger partial charge >= 0.3 is 0 Å². The summed E-state index contributed by atoms with van der Waals surface area (Å²) < 4.78 is 5.21. The van der Waals surface area contributed by atoms with Gasteiger partial charge in [-0.05, 0) is 18.4 Å². The van der Waals surface area contributed by atoms with Gasteiger partial charge in [-0.3, -0.25) is 10.1 Å². The van der Waals surface area contributed by atoms with Crippen LogP contribution in [0.25, 0.3) is 0 Å². The van der Waals surface area contributed by atoms with Gasteiger partial charge in [0.15, 0.2) is 0 Å². The normalized spacial score (nSPS) is 22.6. The van der Waals surface area contributed by atoms with Gasteiger partial charge in [0, 0.05) is 17.5 Å². The van der Waals surface area contributed by atoms with E-state index in [4.69, 9.17) is 4.74 Å². The van der Waals surface area contributed by atoms with E-state index in [-0.39, 0.29) is 11.1 Å². The number of rotatable bonds is 2. The van der Waals surface area contributed by atoms with E-state index in [1.54, 1.807) is 12.1 Å². The van der Waals surface area contributed by atoms with Crippen LogP contribution in [0.4, 0.5) is 5.69 Å². The topological polar surface area (TPSA) is 76.2 Å². The van der Waals surface area contributed by atoms with Crippen molar-refractivity contribution >= 4 is 5.69 Å². The highest BCUT2D eigenvalue weighted by Crippen LogP contribution is 2.58. The summed E-state index contributed by atoms with van der Waals surface area (Å²) in [6, 6.07) is 8.72. The number of non-ortho nitro benzene ring substituents is 1. The first-order chi connectivity index (χ1) is 8.59. The molecule has 0 bridgehead atoms. The average molecular weight is 244 g/mol. The molecular formula is C13H12N2O3. The number of nitrogens with zero attached hydrogens (tertiary/aromatic N) is 2. The number of nitriles is 1. The third-order valence-electron chi connectivity index (χ3n) is 4.01. The quantitative estimate of drug-likeness (QED) is 0.590. The van der Waals surface area contributed by atoms with E-state index in [0.717, 1.165) is 31.6 Å². The molecule has 0 N–H and O–H groups in total. The third kappa shape index (κ3) is 1.42. The molecule has 1 aliphatic heterocycles. The van der Waals surface area contributed by atoms with E-state index in [0.29, 0.717) is 0 Å². The molecule has 1 spiro atoms. The van der Waals surface area contributed by atoms with Gasteiger partial charge in [-0.15, -0.1) is 0 Å². The van der Waals surface area contributed by atoms with Crippen LogP contribution in [0.5, 0.6) is 0 Å². The lowest BCUT2D eigenvalue weighted by atomic mass is 9.50. The highest BCUT2D eigenvalue weighted by molar-refractivity contribution is 5.43. The molecule has 2 fully saturated rings. The minimum Gasteiger partial charge on any atom is -0.380 e. The lowest BCUT2D eigenvalue weighted by Crippen LogP contribution is -2.59. The highest BCUT2D eigenvalue weighted by Gasteiger charge is 2.59. The second-order valence-corrected chi connectivity index (χ2v) is 5.34. The van der Waals surface area contributed by atoms with Crippen molar-refractivity contribution < 1.29 is 9.66 Å². The summed E-state index contributed by atoms with van der Waals surface area (Å²) in [5, 5.41) is 20.0. The molecule has 1 heterocycles. The van der Waals surface area contributed by atoms with Crippen molar-refractivity contribution in [3.8, 4) is 6.07 Å². The van der Waals surface area contributed by atoms with Crippen LogP contribution >= 0.6 is 0 Å². The van der Waals surface area contributed by atoms with E-state index in [9.17, 15) is 15.4 Å². The van der Waals surface area contributed by atoms with Crippen molar-refractivity contribution in [1.82, 2.24) is 0 Å². The third-order valence-corrected chi connectivity index (χ3v) is 4.01. The minimum atomic E-state index is -0.473. The lowest BCUT2D eigenvalue weighted by Gasteiger charge is -2.57. The number of nitro groups is 1. The Morgan fingerprint density at radius 3 is 2.28 bits per heavy atom. The fourth-order valence-electron chi connectivity index (χ4n) is 3.07. The van der Waals surface area contributed by atoms with Crippen molar-refractivity contribution in [2.24, 2.45) is 5.41 Å². The molecule has 1 aromatic rings. The fraction of sp³-hybridized carbons (Fsp3) is 0.462. The molecule has 92 valence electrons. The highest BCUT2D eigenvalue weighted by atomic mass is 16.6. The first-order valence-corrected chi connectivity index (χ1v) is 5.83. The zero-order chi connectivity index (χ0) is 12.8. The van der Waals surface area contributed by atoms with Gasteiger partial charge in [-0.2, -0.15) is 5.26 Å². The summed E-state index contributed by atoms with van der Waals surface area (Å²) in [7, 11) is 0. The Labute approximate surface area is 104 Å². The van der Waals surface area contributed by atoms with Crippen LogP contribution in [0.1, 0.15) is 18.4 Å². The number of ether oxygens (including phenoxy) is 1. The first-order valence-electron chi connectivity index (χ1n) is 5.83. The lowest BCUT2D eigenvalue weighted by molar-refractivity contribution is -0.384. The summed E-state index contributed by atoms with van der Waals surface area (Å²) in [4.78, 5) is 10.2. The molecule has 0 aromatic heterocycles. The largest absolute Gasteiger partial charge is 0.380 e. The summed E-state index contributed by atoms with van der Waals surface area (Å²) in [6.07, 6.45) is 1.60. The second-order valence-electron chi connectivity index (χ2n) is 5.34. The van der Waals surface area contributed by atoms with E-state index < -0.39 is 10.3 Å². The monoisotopic (exact) mass is 244 g/mol. The van der Waals surface area contributed by atoms with Crippen LogP contribution in [0.3, 0.4) is 0 Å². The molecule has 0 atom stereocenters. The molecule has 2 aliphatic rings. The molecule has 0 radical (unpaired) electrons. The Balaban J connectivity index is 1.85. The van der Waals surface area contributed by atoms with Gasteiger partial charge in [0.1, 0.15) is 0 Å². The molecule has 1 aliphatic carbocycles. The van der Waals surface area contributed by atoms with Crippen LogP contribution in [-0.4, -0.2) is 18.1 Å². The Morgan fingerprint density at radius 1 is 1.28 bits per heavy atom. The molecule has 1 saturated carbocycles.